The lowest BCUT2D eigenvalue weighted by Gasteiger charge is -2.24. The zero-order valence-electron chi connectivity index (χ0n) is 20.9. The molecule has 198 valence electrons. The molecule has 0 saturated carbocycles. The highest BCUT2D eigenvalue weighted by molar-refractivity contribution is 7.96. The third kappa shape index (κ3) is 6.31. The van der Waals surface area contributed by atoms with Gasteiger partial charge in [-0.1, -0.05) is 60.7 Å². The first-order chi connectivity index (χ1) is 17.9. The largest absolute Gasteiger partial charge is 0.243 e. The zero-order valence-corrected chi connectivity index (χ0v) is 23.4. The SMILES string of the molecule is C=C=C(CN(CC(=C=CC)S(=O)(=O)c1ccccc1)S(=O)(=O)c1ccc(C)cc1)S(=O)(=O)c1ccccc1. The number of benzene rings is 3. The standard InChI is InChI=1S/C28H27NO6S3/c1-4-12-28(37(32,33)26-15-10-7-11-16-26)22-29(38(34,35)27-19-17-23(3)18-20-27)21-24(5-2)36(30,31)25-13-8-6-9-14-25/h4,6-11,13-20H,2,21-22H2,1,3H3. The summed E-state index contributed by atoms with van der Waals surface area (Å²) in [6, 6.07) is 20.9. The summed E-state index contributed by atoms with van der Waals surface area (Å²) < 4.78 is 81.9. The fraction of sp³-hybridized carbons (Fsp3) is 0.143. The zero-order chi connectivity index (χ0) is 28.0. The van der Waals surface area contributed by atoms with E-state index in [0.717, 1.165) is 9.87 Å². The Balaban J connectivity index is 2.16. The number of hydrogen-bond donors (Lipinski definition) is 0. The van der Waals surface area contributed by atoms with Crippen LogP contribution in [0.1, 0.15) is 12.5 Å². The molecule has 0 amide bonds. The maximum atomic E-state index is 13.8. The minimum absolute atomic E-state index is 0.0478. The van der Waals surface area contributed by atoms with Crippen LogP contribution in [0.4, 0.5) is 0 Å². The number of aryl methyl sites for hydroxylation is 1. The molecular formula is C28H27NO6S3. The normalized spacial score (nSPS) is 11.9. The van der Waals surface area contributed by atoms with Crippen molar-refractivity contribution in [2.45, 2.75) is 28.5 Å². The van der Waals surface area contributed by atoms with Gasteiger partial charge in [-0.2, -0.15) is 4.31 Å². The average Bonchev–Trinajstić information content (AvgIpc) is 2.91. The molecular weight excluding hydrogens is 543 g/mol. The van der Waals surface area contributed by atoms with Crippen LogP contribution in [0.25, 0.3) is 0 Å². The Morgan fingerprint density at radius 3 is 1.61 bits per heavy atom. The van der Waals surface area contributed by atoms with Gasteiger partial charge in [0.15, 0.2) is 0 Å². The number of nitrogens with zero attached hydrogens (tertiary/aromatic N) is 1. The summed E-state index contributed by atoms with van der Waals surface area (Å²) >= 11 is 0. The maximum Gasteiger partial charge on any atom is 0.243 e. The Morgan fingerprint density at radius 1 is 0.711 bits per heavy atom. The molecule has 0 bridgehead atoms. The van der Waals surface area contributed by atoms with Crippen molar-refractivity contribution in [2.75, 3.05) is 13.1 Å². The van der Waals surface area contributed by atoms with Gasteiger partial charge in [-0.15, -0.1) is 11.5 Å². The van der Waals surface area contributed by atoms with E-state index in [1.54, 1.807) is 50.2 Å². The number of sulfonamides is 1. The van der Waals surface area contributed by atoms with E-state index in [9.17, 15) is 25.3 Å². The molecule has 3 aromatic rings. The molecule has 0 aliphatic heterocycles. The van der Waals surface area contributed by atoms with Crippen molar-refractivity contribution in [1.29, 1.82) is 0 Å². The molecule has 7 nitrogen and oxygen atoms in total. The monoisotopic (exact) mass is 569 g/mol. The van der Waals surface area contributed by atoms with Crippen molar-refractivity contribution in [3.8, 4) is 0 Å². The highest BCUT2D eigenvalue weighted by Gasteiger charge is 2.33. The van der Waals surface area contributed by atoms with E-state index in [-0.39, 0.29) is 19.6 Å². The number of hydrogen-bond acceptors (Lipinski definition) is 6. The number of sulfone groups is 2. The molecule has 0 radical (unpaired) electrons. The van der Waals surface area contributed by atoms with Gasteiger partial charge < -0.3 is 0 Å². The van der Waals surface area contributed by atoms with Gasteiger partial charge in [-0.3, -0.25) is 0 Å². The van der Waals surface area contributed by atoms with Gasteiger partial charge in [0.1, 0.15) is 9.81 Å². The molecule has 0 fully saturated rings. The molecule has 10 heteroatoms. The van der Waals surface area contributed by atoms with Crippen molar-refractivity contribution >= 4 is 29.7 Å². The molecule has 0 unspecified atom stereocenters. The second-order valence-corrected chi connectivity index (χ2v) is 14.1. The van der Waals surface area contributed by atoms with Gasteiger partial charge in [0.2, 0.25) is 29.7 Å². The summed E-state index contributed by atoms with van der Waals surface area (Å²) in [5.41, 5.74) is 5.83. The van der Waals surface area contributed by atoms with Crippen LogP contribution in [-0.4, -0.2) is 42.6 Å². The fourth-order valence-corrected chi connectivity index (χ4v) is 7.75. The van der Waals surface area contributed by atoms with Gasteiger partial charge in [0, 0.05) is 0 Å². The van der Waals surface area contributed by atoms with E-state index >= 15 is 0 Å². The molecule has 3 aromatic carbocycles. The van der Waals surface area contributed by atoms with Gasteiger partial charge >= 0.3 is 0 Å². The Labute approximate surface area is 224 Å². The van der Waals surface area contributed by atoms with Crippen LogP contribution >= 0.6 is 0 Å². The minimum atomic E-state index is -4.38. The van der Waals surface area contributed by atoms with E-state index < -0.39 is 47.7 Å². The van der Waals surface area contributed by atoms with Crippen LogP contribution in [0.2, 0.25) is 0 Å². The van der Waals surface area contributed by atoms with E-state index in [0.29, 0.717) is 0 Å². The molecule has 0 spiro atoms. The van der Waals surface area contributed by atoms with Crippen LogP contribution in [0, 0.1) is 6.92 Å². The summed E-state index contributed by atoms with van der Waals surface area (Å²) in [6.45, 7) is 5.44. The first kappa shape index (κ1) is 29.1. The van der Waals surface area contributed by atoms with Crippen molar-refractivity contribution in [3.63, 3.8) is 0 Å². The summed E-state index contributed by atoms with van der Waals surface area (Å²) in [4.78, 5) is -1.01. The molecule has 3 rings (SSSR count). The maximum absolute atomic E-state index is 13.8. The van der Waals surface area contributed by atoms with Gasteiger partial charge in [0.25, 0.3) is 0 Å². The van der Waals surface area contributed by atoms with Gasteiger partial charge in [-0.25, -0.2) is 25.3 Å². The lowest BCUT2D eigenvalue weighted by atomic mass is 10.2. The Hall–Kier alpha value is -3.49. The van der Waals surface area contributed by atoms with Crippen LogP contribution in [0.5, 0.6) is 0 Å². The predicted molar refractivity (Wildman–Crippen MR) is 147 cm³/mol. The van der Waals surface area contributed by atoms with Crippen LogP contribution in [0.3, 0.4) is 0 Å². The van der Waals surface area contributed by atoms with Crippen molar-refractivity contribution in [1.82, 2.24) is 4.31 Å². The van der Waals surface area contributed by atoms with Crippen LogP contribution in [0.15, 0.2) is 134 Å². The first-order valence-corrected chi connectivity index (χ1v) is 15.8. The Morgan fingerprint density at radius 2 is 1.16 bits per heavy atom. The second kappa shape index (κ2) is 11.9. The smallest absolute Gasteiger partial charge is 0.218 e. The lowest BCUT2D eigenvalue weighted by molar-refractivity contribution is 0.466. The van der Waals surface area contributed by atoms with E-state index in [1.165, 1.54) is 54.6 Å². The quantitative estimate of drug-likeness (QED) is 0.329. The number of rotatable bonds is 10. The molecule has 38 heavy (non-hydrogen) atoms. The summed E-state index contributed by atoms with van der Waals surface area (Å²) in [7, 11) is -12.7. The predicted octanol–water partition coefficient (Wildman–Crippen LogP) is 4.66. The highest BCUT2D eigenvalue weighted by Crippen LogP contribution is 2.26. The Kier molecular flexibility index (Phi) is 9.12. The minimum Gasteiger partial charge on any atom is -0.218 e. The molecule has 0 N–H and O–H groups in total. The topological polar surface area (TPSA) is 106 Å². The summed E-state index contributed by atoms with van der Waals surface area (Å²) in [5.74, 6) is 0. The van der Waals surface area contributed by atoms with Crippen molar-refractivity contribution in [3.05, 3.63) is 124 Å². The van der Waals surface area contributed by atoms with Crippen LogP contribution in [-0.2, 0) is 29.7 Å². The van der Waals surface area contributed by atoms with E-state index in [2.05, 4.69) is 18.0 Å². The van der Waals surface area contributed by atoms with Crippen LogP contribution < -0.4 is 0 Å². The highest BCUT2D eigenvalue weighted by atomic mass is 32.2. The van der Waals surface area contributed by atoms with Crippen molar-refractivity contribution in [2.24, 2.45) is 0 Å². The lowest BCUT2D eigenvalue weighted by Crippen LogP contribution is -2.37. The van der Waals surface area contributed by atoms with Gasteiger partial charge in [0.05, 0.1) is 27.8 Å². The average molecular weight is 570 g/mol. The third-order valence-electron chi connectivity index (χ3n) is 5.56. The molecule has 0 aliphatic rings. The molecule has 0 saturated heterocycles. The second-order valence-electron chi connectivity index (χ2n) is 8.18. The first-order valence-electron chi connectivity index (χ1n) is 11.4. The van der Waals surface area contributed by atoms with E-state index in [1.807, 2.05) is 0 Å². The molecule has 0 aliphatic carbocycles. The van der Waals surface area contributed by atoms with Gasteiger partial charge in [-0.05, 0) is 56.3 Å². The molecule has 0 heterocycles. The van der Waals surface area contributed by atoms with Crippen molar-refractivity contribution < 1.29 is 25.3 Å². The summed E-state index contributed by atoms with van der Waals surface area (Å²) in [6.07, 6.45) is 1.36. The van der Waals surface area contributed by atoms with E-state index in [4.69, 9.17) is 0 Å². The fourth-order valence-electron chi connectivity index (χ4n) is 3.49. The molecule has 0 atom stereocenters. The third-order valence-corrected chi connectivity index (χ3v) is 11.0. The summed E-state index contributed by atoms with van der Waals surface area (Å²) in [5, 5.41) is 0. The molecule has 0 aromatic heterocycles. The Bertz CT molecular complexity index is 1730.